The van der Waals surface area contributed by atoms with Gasteiger partial charge in [-0.25, -0.2) is 8.78 Å². The summed E-state index contributed by atoms with van der Waals surface area (Å²) in [7, 11) is 1.74. The van der Waals surface area contributed by atoms with Crippen LogP contribution in [0.3, 0.4) is 0 Å². The Bertz CT molecular complexity index is 641. The molecule has 0 bridgehead atoms. The Hall–Kier alpha value is -1.26. The molecule has 2 rings (SSSR count). The Labute approximate surface area is 126 Å². The first-order valence-electron chi connectivity index (χ1n) is 6.33. The lowest BCUT2D eigenvalue weighted by Gasteiger charge is -2.20. The van der Waals surface area contributed by atoms with E-state index in [-0.39, 0.29) is 6.04 Å². The third-order valence-electron chi connectivity index (χ3n) is 3.42. The van der Waals surface area contributed by atoms with E-state index in [1.165, 1.54) is 12.1 Å². The maximum Gasteiger partial charge on any atom is 0.128 e. The first-order valence-corrected chi connectivity index (χ1v) is 7.12. The summed E-state index contributed by atoms with van der Waals surface area (Å²) in [5, 5.41) is 3.06. The lowest BCUT2D eigenvalue weighted by molar-refractivity contribution is 0.553. The van der Waals surface area contributed by atoms with Crippen molar-refractivity contribution in [2.45, 2.75) is 19.9 Å². The van der Waals surface area contributed by atoms with Crippen molar-refractivity contribution in [1.29, 1.82) is 0 Å². The van der Waals surface area contributed by atoms with Gasteiger partial charge in [-0.15, -0.1) is 0 Å². The molecule has 0 saturated carbocycles. The normalized spacial score (nSPS) is 12.5. The first kappa shape index (κ1) is 15.1. The van der Waals surface area contributed by atoms with E-state index in [1.807, 2.05) is 25.1 Å². The van der Waals surface area contributed by atoms with Crippen molar-refractivity contribution < 1.29 is 8.78 Å². The van der Waals surface area contributed by atoms with Gasteiger partial charge in [0.25, 0.3) is 0 Å². The number of benzene rings is 2. The third kappa shape index (κ3) is 2.91. The predicted molar refractivity (Wildman–Crippen MR) is 80.9 cm³/mol. The first-order chi connectivity index (χ1) is 9.43. The molecule has 0 fully saturated rings. The number of nitrogens with one attached hydrogen (secondary N) is 1. The number of aryl methyl sites for hydroxylation is 2. The summed E-state index contributed by atoms with van der Waals surface area (Å²) >= 11 is 3.40. The van der Waals surface area contributed by atoms with Crippen LogP contribution in [0.15, 0.2) is 34.8 Å². The molecule has 0 heterocycles. The van der Waals surface area contributed by atoms with Gasteiger partial charge in [-0.2, -0.15) is 0 Å². The molecule has 4 heteroatoms. The van der Waals surface area contributed by atoms with Crippen LogP contribution in [0.2, 0.25) is 0 Å². The van der Waals surface area contributed by atoms with Gasteiger partial charge in [0.1, 0.15) is 11.6 Å². The largest absolute Gasteiger partial charge is 0.309 e. The van der Waals surface area contributed by atoms with Crippen molar-refractivity contribution in [2.75, 3.05) is 7.05 Å². The zero-order chi connectivity index (χ0) is 14.9. The van der Waals surface area contributed by atoms with E-state index in [1.54, 1.807) is 14.0 Å². The minimum Gasteiger partial charge on any atom is -0.309 e. The second-order valence-corrected chi connectivity index (χ2v) is 5.76. The molecule has 1 N–H and O–H groups in total. The molecule has 1 atom stereocenters. The van der Waals surface area contributed by atoms with Crippen LogP contribution in [-0.4, -0.2) is 7.05 Å². The minimum absolute atomic E-state index is 0.314. The second-order valence-electron chi connectivity index (χ2n) is 4.85. The average Bonchev–Trinajstić information content (AvgIpc) is 2.38. The second kappa shape index (κ2) is 6.02. The van der Waals surface area contributed by atoms with Crippen LogP contribution in [0.5, 0.6) is 0 Å². The van der Waals surface area contributed by atoms with E-state index >= 15 is 0 Å². The van der Waals surface area contributed by atoms with E-state index in [0.29, 0.717) is 11.1 Å². The molecular weight excluding hydrogens is 324 g/mol. The summed E-state index contributed by atoms with van der Waals surface area (Å²) < 4.78 is 28.8. The van der Waals surface area contributed by atoms with Gasteiger partial charge in [-0.05, 0) is 61.9 Å². The third-order valence-corrected chi connectivity index (χ3v) is 3.91. The Balaban J connectivity index is 2.55. The summed E-state index contributed by atoms with van der Waals surface area (Å²) in [4.78, 5) is 0. The number of hydrogen-bond acceptors (Lipinski definition) is 1. The minimum atomic E-state index is -0.398. The molecule has 106 valence electrons. The summed E-state index contributed by atoms with van der Waals surface area (Å²) in [5.74, 6) is -0.790. The fourth-order valence-corrected chi connectivity index (χ4v) is 2.80. The van der Waals surface area contributed by atoms with Crippen molar-refractivity contribution in [3.05, 3.63) is 68.7 Å². The molecule has 2 aromatic rings. The average molecular weight is 340 g/mol. The Morgan fingerprint density at radius 3 is 2.25 bits per heavy atom. The van der Waals surface area contributed by atoms with Gasteiger partial charge < -0.3 is 5.32 Å². The van der Waals surface area contributed by atoms with Gasteiger partial charge in [0, 0.05) is 10.0 Å². The molecule has 1 nitrogen and oxygen atoms in total. The van der Waals surface area contributed by atoms with Crippen LogP contribution in [0.25, 0.3) is 0 Å². The molecule has 0 aliphatic rings. The van der Waals surface area contributed by atoms with Crippen LogP contribution in [0.4, 0.5) is 8.78 Å². The Kier molecular flexibility index (Phi) is 4.55. The fraction of sp³-hybridized carbons (Fsp3) is 0.250. The molecule has 20 heavy (non-hydrogen) atoms. The van der Waals surface area contributed by atoms with Gasteiger partial charge in [-0.3, -0.25) is 0 Å². The lowest BCUT2D eigenvalue weighted by Crippen LogP contribution is -2.20. The highest BCUT2D eigenvalue weighted by molar-refractivity contribution is 9.10. The Morgan fingerprint density at radius 2 is 1.65 bits per heavy atom. The van der Waals surface area contributed by atoms with Crippen molar-refractivity contribution in [1.82, 2.24) is 5.32 Å². The summed E-state index contributed by atoms with van der Waals surface area (Å²) in [6, 6.07) is 7.91. The number of rotatable bonds is 3. The van der Waals surface area contributed by atoms with E-state index in [2.05, 4.69) is 21.2 Å². The monoisotopic (exact) mass is 339 g/mol. The summed E-state index contributed by atoms with van der Waals surface area (Å²) in [6.07, 6.45) is 0. The van der Waals surface area contributed by atoms with Crippen LogP contribution in [-0.2, 0) is 0 Å². The van der Waals surface area contributed by atoms with Gasteiger partial charge in [0.05, 0.1) is 6.04 Å². The standard InChI is InChI=1S/C16H16BrF2N/c1-9-6-11(17)4-5-12(9)16(20-3)13-8-14(18)10(2)7-15(13)19/h4-8,16,20H,1-3H3. The van der Waals surface area contributed by atoms with Crippen molar-refractivity contribution in [2.24, 2.45) is 0 Å². The van der Waals surface area contributed by atoms with E-state index < -0.39 is 11.6 Å². The maximum atomic E-state index is 14.1. The molecule has 0 radical (unpaired) electrons. The molecule has 0 saturated heterocycles. The van der Waals surface area contributed by atoms with Crippen LogP contribution < -0.4 is 5.32 Å². The molecule has 0 aliphatic carbocycles. The molecular formula is C16H16BrF2N. The number of hydrogen-bond donors (Lipinski definition) is 1. The SMILES string of the molecule is CNC(c1ccc(Br)cc1C)c1cc(F)c(C)cc1F. The summed E-state index contributed by atoms with van der Waals surface area (Å²) in [6.45, 7) is 3.51. The zero-order valence-electron chi connectivity index (χ0n) is 11.6. The highest BCUT2D eigenvalue weighted by Crippen LogP contribution is 2.29. The fourth-order valence-electron chi connectivity index (χ4n) is 2.32. The maximum absolute atomic E-state index is 14.1. The predicted octanol–water partition coefficient (Wildman–Crippen LogP) is 4.65. The molecule has 2 aromatic carbocycles. The zero-order valence-corrected chi connectivity index (χ0v) is 13.2. The lowest BCUT2D eigenvalue weighted by atomic mass is 9.94. The smallest absolute Gasteiger partial charge is 0.128 e. The van der Waals surface area contributed by atoms with Gasteiger partial charge in [-0.1, -0.05) is 22.0 Å². The van der Waals surface area contributed by atoms with E-state index in [9.17, 15) is 8.78 Å². The summed E-state index contributed by atoms with van der Waals surface area (Å²) in [5.41, 5.74) is 2.58. The molecule has 0 spiro atoms. The quantitative estimate of drug-likeness (QED) is 0.857. The van der Waals surface area contributed by atoms with Crippen molar-refractivity contribution in [3.8, 4) is 0 Å². The van der Waals surface area contributed by atoms with E-state index in [4.69, 9.17) is 0 Å². The number of halogens is 3. The Morgan fingerprint density at radius 1 is 0.950 bits per heavy atom. The van der Waals surface area contributed by atoms with Gasteiger partial charge in [0.2, 0.25) is 0 Å². The molecule has 1 unspecified atom stereocenters. The molecule has 0 aromatic heterocycles. The van der Waals surface area contributed by atoms with Gasteiger partial charge >= 0.3 is 0 Å². The molecule has 0 aliphatic heterocycles. The van der Waals surface area contributed by atoms with Crippen molar-refractivity contribution >= 4 is 15.9 Å². The van der Waals surface area contributed by atoms with Gasteiger partial charge in [0.15, 0.2) is 0 Å². The topological polar surface area (TPSA) is 12.0 Å². The van der Waals surface area contributed by atoms with E-state index in [0.717, 1.165) is 15.6 Å². The highest BCUT2D eigenvalue weighted by atomic mass is 79.9. The van der Waals surface area contributed by atoms with Crippen LogP contribution >= 0.6 is 15.9 Å². The highest BCUT2D eigenvalue weighted by Gasteiger charge is 2.19. The molecule has 0 amide bonds. The van der Waals surface area contributed by atoms with Crippen LogP contribution in [0, 0.1) is 25.5 Å². The van der Waals surface area contributed by atoms with Crippen LogP contribution in [0.1, 0.15) is 28.3 Å². The van der Waals surface area contributed by atoms with Crippen molar-refractivity contribution in [3.63, 3.8) is 0 Å².